The molecule has 6 rings (SSSR count). The van der Waals surface area contributed by atoms with Crippen LogP contribution in [0, 0.1) is 13.8 Å². The molecule has 0 amide bonds. The van der Waals surface area contributed by atoms with Crippen molar-refractivity contribution in [2.75, 3.05) is 24.0 Å². The van der Waals surface area contributed by atoms with Crippen LogP contribution < -0.4 is 19.3 Å². The van der Waals surface area contributed by atoms with E-state index < -0.39 is 0 Å². The topological polar surface area (TPSA) is 24.9 Å². The van der Waals surface area contributed by atoms with Gasteiger partial charge in [0.1, 0.15) is 11.5 Å². The summed E-state index contributed by atoms with van der Waals surface area (Å²) in [5.41, 5.74) is 8.95. The fraction of sp³-hybridized carbons (Fsp3) is 0.105. The van der Waals surface area contributed by atoms with E-state index in [1.165, 1.54) is 11.1 Å². The summed E-state index contributed by atoms with van der Waals surface area (Å²) in [4.78, 5) is 4.63. The van der Waals surface area contributed by atoms with Gasteiger partial charge in [0.15, 0.2) is 0 Å². The van der Waals surface area contributed by atoms with E-state index >= 15 is 0 Å². The molecule has 0 aliphatic carbocycles. The van der Waals surface area contributed by atoms with Gasteiger partial charge >= 0.3 is 0 Å². The molecule has 4 heteroatoms. The normalized spacial score (nSPS) is 10.9. The smallest absolute Gasteiger partial charge is 0.119 e. The zero-order valence-electron chi connectivity index (χ0n) is 24.4. The molecule has 0 saturated carbocycles. The van der Waals surface area contributed by atoms with Gasteiger partial charge in [-0.25, -0.2) is 0 Å². The number of aryl methyl sites for hydroxylation is 2. The van der Waals surface area contributed by atoms with E-state index in [1.807, 2.05) is 24.3 Å². The summed E-state index contributed by atoms with van der Waals surface area (Å²) < 4.78 is 10.9. The van der Waals surface area contributed by atoms with Crippen LogP contribution in [-0.2, 0) is 0 Å². The summed E-state index contributed by atoms with van der Waals surface area (Å²) >= 11 is 0. The number of hydrogen-bond acceptors (Lipinski definition) is 4. The lowest BCUT2D eigenvalue weighted by Gasteiger charge is -2.30. The maximum atomic E-state index is 5.46. The highest BCUT2D eigenvalue weighted by atomic mass is 16.5. The molecule has 0 spiro atoms. The van der Waals surface area contributed by atoms with Crippen molar-refractivity contribution in [3.63, 3.8) is 0 Å². The third-order valence-corrected chi connectivity index (χ3v) is 7.60. The SMILES string of the molecule is COc1ccc(N(c2ccc(C)cc2)c2cccc3c(N(c4ccc(C)cc4)c4ccc(OC)cc4)cccc23)cc1. The van der Waals surface area contributed by atoms with Gasteiger partial charge in [-0.05, 0) is 98.8 Å². The van der Waals surface area contributed by atoms with E-state index in [-0.39, 0.29) is 0 Å². The van der Waals surface area contributed by atoms with Crippen molar-refractivity contribution < 1.29 is 9.47 Å². The highest BCUT2D eigenvalue weighted by molar-refractivity contribution is 6.06. The molecule has 6 aromatic carbocycles. The van der Waals surface area contributed by atoms with E-state index in [2.05, 4.69) is 133 Å². The van der Waals surface area contributed by atoms with Gasteiger partial charge < -0.3 is 19.3 Å². The Morgan fingerprint density at radius 1 is 0.381 bits per heavy atom. The molecule has 0 aromatic heterocycles. The minimum absolute atomic E-state index is 0.830. The number of rotatable bonds is 8. The maximum absolute atomic E-state index is 5.46. The lowest BCUT2D eigenvalue weighted by Crippen LogP contribution is -2.12. The molecular weight excluding hydrogens is 516 g/mol. The second-order valence-electron chi connectivity index (χ2n) is 10.4. The molecule has 0 bridgehead atoms. The third-order valence-electron chi connectivity index (χ3n) is 7.60. The molecule has 0 saturated heterocycles. The van der Waals surface area contributed by atoms with Crippen LogP contribution in [0.15, 0.2) is 133 Å². The highest BCUT2D eigenvalue weighted by Gasteiger charge is 2.20. The maximum Gasteiger partial charge on any atom is 0.119 e. The van der Waals surface area contributed by atoms with Crippen molar-refractivity contribution in [1.29, 1.82) is 0 Å². The largest absolute Gasteiger partial charge is 0.497 e. The van der Waals surface area contributed by atoms with E-state index in [9.17, 15) is 0 Å². The molecule has 0 heterocycles. The molecule has 0 unspecified atom stereocenters. The van der Waals surface area contributed by atoms with E-state index in [0.717, 1.165) is 56.4 Å². The molecule has 42 heavy (non-hydrogen) atoms. The molecule has 0 atom stereocenters. The first-order valence-electron chi connectivity index (χ1n) is 14.1. The van der Waals surface area contributed by atoms with Crippen molar-refractivity contribution in [2.45, 2.75) is 13.8 Å². The van der Waals surface area contributed by atoms with Gasteiger partial charge in [0.2, 0.25) is 0 Å². The number of fused-ring (bicyclic) bond motifs is 1. The second kappa shape index (κ2) is 11.7. The van der Waals surface area contributed by atoms with Crippen LogP contribution in [0.25, 0.3) is 10.8 Å². The van der Waals surface area contributed by atoms with Crippen molar-refractivity contribution in [3.05, 3.63) is 145 Å². The van der Waals surface area contributed by atoms with Crippen LogP contribution in [0.5, 0.6) is 11.5 Å². The van der Waals surface area contributed by atoms with Crippen LogP contribution in [0.4, 0.5) is 34.1 Å². The number of hydrogen-bond donors (Lipinski definition) is 0. The van der Waals surface area contributed by atoms with Crippen molar-refractivity contribution >= 4 is 44.9 Å². The summed E-state index contributed by atoms with van der Waals surface area (Å²) in [6.07, 6.45) is 0. The van der Waals surface area contributed by atoms with E-state index in [1.54, 1.807) is 14.2 Å². The highest BCUT2D eigenvalue weighted by Crippen LogP contribution is 2.44. The van der Waals surface area contributed by atoms with Gasteiger partial charge in [0.05, 0.1) is 25.6 Å². The summed E-state index contributed by atoms with van der Waals surface area (Å²) in [5, 5.41) is 2.30. The van der Waals surface area contributed by atoms with E-state index in [4.69, 9.17) is 9.47 Å². The van der Waals surface area contributed by atoms with Gasteiger partial charge in [-0.2, -0.15) is 0 Å². The van der Waals surface area contributed by atoms with Gasteiger partial charge in [0, 0.05) is 33.5 Å². The standard InChI is InChI=1S/C38H34N2O2/c1-27-11-15-29(16-12-27)39(31-19-23-33(41-3)24-20-31)37-9-5-8-36-35(37)7-6-10-38(36)40(30-17-13-28(2)14-18-30)32-21-25-34(42-4)26-22-32/h5-26H,1-4H3. The van der Waals surface area contributed by atoms with Crippen molar-refractivity contribution in [3.8, 4) is 11.5 Å². The Morgan fingerprint density at radius 3 is 1.00 bits per heavy atom. The molecule has 4 nitrogen and oxygen atoms in total. The summed E-state index contributed by atoms with van der Waals surface area (Å²) in [6, 6.07) is 46.9. The molecule has 0 aliphatic rings. The fourth-order valence-electron chi connectivity index (χ4n) is 5.37. The first-order chi connectivity index (χ1) is 20.6. The number of methoxy groups -OCH3 is 2. The van der Waals surface area contributed by atoms with Gasteiger partial charge in [-0.15, -0.1) is 0 Å². The Hall–Kier alpha value is -5.22. The Labute approximate surface area is 248 Å². The zero-order chi connectivity index (χ0) is 29.1. The minimum Gasteiger partial charge on any atom is -0.497 e. The predicted octanol–water partition coefficient (Wildman–Crippen LogP) is 10.4. The molecule has 0 aliphatic heterocycles. The average molecular weight is 551 g/mol. The molecule has 208 valence electrons. The number of ether oxygens (including phenoxy) is 2. The quantitative estimate of drug-likeness (QED) is 0.188. The van der Waals surface area contributed by atoms with E-state index in [0.29, 0.717) is 0 Å². The van der Waals surface area contributed by atoms with Gasteiger partial charge in [-0.3, -0.25) is 0 Å². The Morgan fingerprint density at radius 2 is 0.690 bits per heavy atom. The zero-order valence-corrected chi connectivity index (χ0v) is 24.4. The van der Waals surface area contributed by atoms with Crippen LogP contribution in [0.2, 0.25) is 0 Å². The van der Waals surface area contributed by atoms with Crippen LogP contribution >= 0.6 is 0 Å². The fourth-order valence-corrected chi connectivity index (χ4v) is 5.37. The van der Waals surface area contributed by atoms with Crippen LogP contribution in [0.3, 0.4) is 0 Å². The average Bonchev–Trinajstić information content (AvgIpc) is 3.04. The first-order valence-corrected chi connectivity index (χ1v) is 14.1. The predicted molar refractivity (Wildman–Crippen MR) is 176 cm³/mol. The number of benzene rings is 6. The second-order valence-corrected chi connectivity index (χ2v) is 10.4. The first kappa shape index (κ1) is 27.0. The Kier molecular flexibility index (Phi) is 7.52. The van der Waals surface area contributed by atoms with Gasteiger partial charge in [-0.1, -0.05) is 59.7 Å². The monoisotopic (exact) mass is 550 g/mol. The number of anilines is 6. The molecular formula is C38H34N2O2. The Balaban J connectivity index is 1.57. The van der Waals surface area contributed by atoms with Crippen molar-refractivity contribution in [2.24, 2.45) is 0 Å². The number of nitrogens with zero attached hydrogens (tertiary/aromatic N) is 2. The molecule has 0 radical (unpaired) electrons. The van der Waals surface area contributed by atoms with Crippen LogP contribution in [-0.4, -0.2) is 14.2 Å². The minimum atomic E-state index is 0.830. The molecule has 0 N–H and O–H groups in total. The molecule has 6 aromatic rings. The molecule has 0 fully saturated rings. The van der Waals surface area contributed by atoms with Gasteiger partial charge in [0.25, 0.3) is 0 Å². The summed E-state index contributed by atoms with van der Waals surface area (Å²) in [5.74, 6) is 1.66. The lowest BCUT2D eigenvalue weighted by molar-refractivity contribution is 0.414. The Bertz CT molecular complexity index is 1660. The van der Waals surface area contributed by atoms with Crippen LogP contribution in [0.1, 0.15) is 11.1 Å². The van der Waals surface area contributed by atoms with Crippen molar-refractivity contribution in [1.82, 2.24) is 0 Å². The third kappa shape index (κ3) is 5.27. The summed E-state index contributed by atoms with van der Waals surface area (Å²) in [7, 11) is 3.39. The summed E-state index contributed by atoms with van der Waals surface area (Å²) in [6.45, 7) is 4.23. The lowest BCUT2D eigenvalue weighted by atomic mass is 10.0.